The summed E-state index contributed by atoms with van der Waals surface area (Å²) in [6.45, 7) is 0.993. The number of nitrogens with two attached hydrogens (primary N) is 4. The van der Waals surface area contributed by atoms with Crippen LogP contribution in [0.4, 0.5) is 0 Å². The highest BCUT2D eigenvalue weighted by Gasteiger charge is 2.45. The molecule has 0 atom stereocenters. The van der Waals surface area contributed by atoms with Crippen molar-refractivity contribution in [3.05, 3.63) is 0 Å². The first-order valence-electron chi connectivity index (χ1n) is 4.56. The Kier molecular flexibility index (Phi) is 2.73. The van der Waals surface area contributed by atoms with E-state index in [2.05, 4.69) is 0 Å². The van der Waals surface area contributed by atoms with E-state index in [-0.39, 0.29) is 5.41 Å². The second kappa shape index (κ2) is 3.30. The highest BCUT2D eigenvalue weighted by atomic mass is 15.0. The van der Waals surface area contributed by atoms with Gasteiger partial charge < -0.3 is 22.9 Å². The first-order valence-corrected chi connectivity index (χ1v) is 4.56. The molecule has 12 heavy (non-hydrogen) atoms. The molecule has 72 valence electrons. The van der Waals surface area contributed by atoms with Crippen LogP contribution < -0.4 is 22.9 Å². The zero-order valence-corrected chi connectivity index (χ0v) is 7.55. The quantitative estimate of drug-likeness (QED) is 0.404. The Morgan fingerprint density at radius 1 is 0.917 bits per heavy atom. The van der Waals surface area contributed by atoms with E-state index in [0.717, 1.165) is 25.7 Å². The van der Waals surface area contributed by atoms with Crippen LogP contribution in [0.2, 0.25) is 0 Å². The van der Waals surface area contributed by atoms with Gasteiger partial charge in [0, 0.05) is 18.5 Å². The van der Waals surface area contributed by atoms with Crippen molar-refractivity contribution in [2.75, 3.05) is 13.1 Å². The maximum Gasteiger partial charge on any atom is 0.0719 e. The Bertz CT molecular complexity index is 151. The normalized spacial score (nSPS) is 27.0. The van der Waals surface area contributed by atoms with Gasteiger partial charge in [0.25, 0.3) is 0 Å². The molecular formula is C8H20N4. The average Bonchev–Trinajstić information content (AvgIpc) is 2.05. The van der Waals surface area contributed by atoms with E-state index in [1.54, 1.807) is 0 Å². The fraction of sp³-hybridized carbons (Fsp3) is 1.00. The Balaban J connectivity index is 2.81. The van der Waals surface area contributed by atoms with Crippen LogP contribution in [0.5, 0.6) is 0 Å². The molecule has 1 fully saturated rings. The van der Waals surface area contributed by atoms with Crippen molar-refractivity contribution in [2.24, 2.45) is 28.3 Å². The fourth-order valence-electron chi connectivity index (χ4n) is 2.05. The Morgan fingerprint density at radius 3 is 1.75 bits per heavy atom. The minimum Gasteiger partial charge on any atom is -0.330 e. The molecule has 0 aromatic carbocycles. The summed E-state index contributed by atoms with van der Waals surface area (Å²) in [6, 6.07) is 0. The van der Waals surface area contributed by atoms with Crippen molar-refractivity contribution in [1.29, 1.82) is 0 Å². The SMILES string of the molecule is NCC1(CN)CCCCC1(N)N. The molecule has 0 radical (unpaired) electrons. The molecule has 4 nitrogen and oxygen atoms in total. The summed E-state index contributed by atoms with van der Waals surface area (Å²) in [7, 11) is 0. The lowest BCUT2D eigenvalue weighted by Crippen LogP contribution is -2.68. The summed E-state index contributed by atoms with van der Waals surface area (Å²) in [5, 5.41) is 0. The first kappa shape index (κ1) is 9.92. The van der Waals surface area contributed by atoms with Gasteiger partial charge in [0.05, 0.1) is 5.66 Å². The van der Waals surface area contributed by atoms with E-state index in [0.29, 0.717) is 13.1 Å². The van der Waals surface area contributed by atoms with Crippen LogP contribution in [0.25, 0.3) is 0 Å². The minimum absolute atomic E-state index is 0.231. The van der Waals surface area contributed by atoms with Gasteiger partial charge in [0.1, 0.15) is 0 Å². The Hall–Kier alpha value is -0.160. The molecule has 0 amide bonds. The average molecular weight is 172 g/mol. The predicted molar refractivity (Wildman–Crippen MR) is 50.1 cm³/mol. The molecule has 0 aliphatic heterocycles. The lowest BCUT2D eigenvalue weighted by molar-refractivity contribution is 0.0822. The maximum absolute atomic E-state index is 6.00. The monoisotopic (exact) mass is 172 g/mol. The van der Waals surface area contributed by atoms with Crippen LogP contribution in [0.15, 0.2) is 0 Å². The first-order chi connectivity index (χ1) is 5.58. The Labute approximate surface area is 73.6 Å². The molecule has 0 saturated heterocycles. The van der Waals surface area contributed by atoms with Gasteiger partial charge in [-0.25, -0.2) is 0 Å². The minimum atomic E-state index is -0.658. The van der Waals surface area contributed by atoms with Crippen molar-refractivity contribution in [2.45, 2.75) is 31.3 Å². The molecular weight excluding hydrogens is 152 g/mol. The third-order valence-electron chi connectivity index (χ3n) is 3.26. The van der Waals surface area contributed by atoms with Gasteiger partial charge in [0.2, 0.25) is 0 Å². The molecule has 1 aliphatic carbocycles. The summed E-state index contributed by atoms with van der Waals surface area (Å²) < 4.78 is 0. The van der Waals surface area contributed by atoms with Crippen LogP contribution in [-0.4, -0.2) is 18.8 Å². The summed E-state index contributed by atoms with van der Waals surface area (Å²) in [5.74, 6) is 0. The standard InChI is InChI=1S/C8H20N4/c9-5-7(6-10)3-1-2-4-8(7,11)12/h1-6,9-12H2. The number of hydrogen-bond donors (Lipinski definition) is 4. The molecule has 0 bridgehead atoms. The summed E-state index contributed by atoms with van der Waals surface area (Å²) in [4.78, 5) is 0. The summed E-state index contributed by atoms with van der Waals surface area (Å²) in [5.41, 5.74) is 22.5. The van der Waals surface area contributed by atoms with Crippen molar-refractivity contribution in [3.63, 3.8) is 0 Å². The summed E-state index contributed by atoms with van der Waals surface area (Å²) >= 11 is 0. The van der Waals surface area contributed by atoms with Gasteiger partial charge in [-0.1, -0.05) is 12.8 Å². The number of rotatable bonds is 2. The largest absolute Gasteiger partial charge is 0.330 e. The highest BCUT2D eigenvalue weighted by molar-refractivity contribution is 5.02. The van der Waals surface area contributed by atoms with E-state index in [1.807, 2.05) is 0 Å². The van der Waals surface area contributed by atoms with E-state index < -0.39 is 5.66 Å². The second-order valence-corrected chi connectivity index (χ2v) is 3.94. The smallest absolute Gasteiger partial charge is 0.0719 e. The number of hydrogen-bond acceptors (Lipinski definition) is 4. The van der Waals surface area contributed by atoms with Crippen LogP contribution in [-0.2, 0) is 0 Å². The van der Waals surface area contributed by atoms with Crippen molar-refractivity contribution in [1.82, 2.24) is 0 Å². The highest BCUT2D eigenvalue weighted by Crippen LogP contribution is 2.37. The van der Waals surface area contributed by atoms with Gasteiger partial charge in [-0.3, -0.25) is 0 Å². The molecule has 1 rings (SSSR count). The predicted octanol–water partition coefficient (Wildman–Crippen LogP) is -0.922. The lowest BCUT2D eigenvalue weighted by atomic mass is 9.66. The van der Waals surface area contributed by atoms with Crippen LogP contribution in [0.3, 0.4) is 0 Å². The second-order valence-electron chi connectivity index (χ2n) is 3.94. The van der Waals surface area contributed by atoms with Crippen molar-refractivity contribution >= 4 is 0 Å². The van der Waals surface area contributed by atoms with Gasteiger partial charge in [-0.15, -0.1) is 0 Å². The topological polar surface area (TPSA) is 104 Å². The van der Waals surface area contributed by atoms with Crippen LogP contribution >= 0.6 is 0 Å². The third-order valence-corrected chi connectivity index (χ3v) is 3.26. The third kappa shape index (κ3) is 1.35. The van der Waals surface area contributed by atoms with Crippen molar-refractivity contribution < 1.29 is 0 Å². The summed E-state index contributed by atoms with van der Waals surface area (Å²) in [6.07, 6.45) is 4.04. The van der Waals surface area contributed by atoms with Crippen LogP contribution in [0, 0.1) is 5.41 Å². The molecule has 0 unspecified atom stereocenters. The lowest BCUT2D eigenvalue weighted by Gasteiger charge is -2.48. The Morgan fingerprint density at radius 2 is 1.42 bits per heavy atom. The van der Waals surface area contributed by atoms with Gasteiger partial charge in [-0.2, -0.15) is 0 Å². The molecule has 4 heteroatoms. The molecule has 0 aromatic heterocycles. The van der Waals surface area contributed by atoms with E-state index >= 15 is 0 Å². The molecule has 1 saturated carbocycles. The van der Waals surface area contributed by atoms with Crippen molar-refractivity contribution in [3.8, 4) is 0 Å². The van der Waals surface area contributed by atoms with Gasteiger partial charge >= 0.3 is 0 Å². The van der Waals surface area contributed by atoms with E-state index in [1.165, 1.54) is 0 Å². The molecule has 0 heterocycles. The molecule has 0 aromatic rings. The van der Waals surface area contributed by atoms with E-state index in [9.17, 15) is 0 Å². The van der Waals surface area contributed by atoms with E-state index in [4.69, 9.17) is 22.9 Å². The molecule has 0 spiro atoms. The van der Waals surface area contributed by atoms with Gasteiger partial charge in [0.15, 0.2) is 0 Å². The fourth-order valence-corrected chi connectivity index (χ4v) is 2.05. The molecule has 8 N–H and O–H groups in total. The van der Waals surface area contributed by atoms with Gasteiger partial charge in [-0.05, 0) is 12.8 Å². The molecule has 1 aliphatic rings. The maximum atomic E-state index is 6.00. The zero-order valence-electron chi connectivity index (χ0n) is 7.55. The van der Waals surface area contributed by atoms with Crippen LogP contribution in [0.1, 0.15) is 25.7 Å². The zero-order chi connectivity index (χ0) is 9.24.